The number of unbranched alkanes of at least 4 members (excludes halogenated alkanes) is 1. The summed E-state index contributed by atoms with van der Waals surface area (Å²) in [7, 11) is 0. The standard InChI is InChI=1S/C24H34N12O8/c25-17-11-19(31-7-29-17)35(21-15(41)13(39)9(5-37)43-21)23(33-11)27-3-1-2-4-28-24-34-12-18(26)30-8-32-20(12)36(24)22-16(42)14(40)10(6-38)44-22/h7-10,13-16,21-22,37-42H,1-6H2,(H,27,33)(H,28,34)(H2,25,29,31)(H2,26,30,32)/t9-,10-,13+,14+,15+,16+,21-,22-/m0/s1. The van der Waals surface area contributed by atoms with Crippen LogP contribution < -0.4 is 22.1 Å². The Bertz CT molecular complexity index is 1500. The molecule has 20 nitrogen and oxygen atoms in total. The number of hydrogen-bond donors (Lipinski definition) is 10. The third-order valence-corrected chi connectivity index (χ3v) is 7.72. The van der Waals surface area contributed by atoms with Crippen LogP contribution in [0, 0.1) is 0 Å². The maximum Gasteiger partial charge on any atom is 0.207 e. The molecule has 0 spiro atoms. The Kier molecular flexibility index (Phi) is 8.30. The molecule has 20 heteroatoms. The molecule has 238 valence electrons. The molecule has 2 aliphatic heterocycles. The SMILES string of the molecule is Nc1ncnc2c1nc(NCCCCNc1nc3c(N)ncnc3n1[C@H]1O[C@@H](CO)[C@@H](O)[C@H]1O)n2[C@H]1O[C@@H](CO)[C@@H](O)[C@H]1O. The molecular formula is C24H34N12O8. The van der Waals surface area contributed by atoms with Crippen molar-refractivity contribution in [3.63, 3.8) is 0 Å². The molecule has 6 rings (SSSR count). The Labute approximate surface area is 248 Å². The molecular weight excluding hydrogens is 584 g/mol. The smallest absolute Gasteiger partial charge is 0.207 e. The van der Waals surface area contributed by atoms with Crippen LogP contribution >= 0.6 is 0 Å². The van der Waals surface area contributed by atoms with Gasteiger partial charge in [-0.05, 0) is 12.8 Å². The van der Waals surface area contributed by atoms with E-state index in [-0.39, 0.29) is 45.9 Å². The van der Waals surface area contributed by atoms with Crippen molar-refractivity contribution in [2.24, 2.45) is 0 Å². The van der Waals surface area contributed by atoms with E-state index in [0.29, 0.717) is 25.9 Å². The van der Waals surface area contributed by atoms with Gasteiger partial charge in [0.25, 0.3) is 0 Å². The lowest BCUT2D eigenvalue weighted by atomic mass is 10.1. The predicted molar refractivity (Wildman–Crippen MR) is 152 cm³/mol. The van der Waals surface area contributed by atoms with E-state index in [1.165, 1.54) is 21.8 Å². The van der Waals surface area contributed by atoms with Crippen molar-refractivity contribution in [3.05, 3.63) is 12.7 Å². The van der Waals surface area contributed by atoms with Crippen molar-refractivity contribution < 1.29 is 40.1 Å². The number of anilines is 4. The van der Waals surface area contributed by atoms with Gasteiger partial charge in [-0.3, -0.25) is 9.13 Å². The van der Waals surface area contributed by atoms with Gasteiger partial charge in [-0.2, -0.15) is 0 Å². The number of fused-ring (bicyclic) bond motifs is 2. The molecule has 8 atom stereocenters. The van der Waals surface area contributed by atoms with Crippen molar-refractivity contribution in [1.82, 2.24) is 39.0 Å². The second kappa shape index (κ2) is 12.2. The number of nitrogens with two attached hydrogens (primary N) is 2. The monoisotopic (exact) mass is 618 g/mol. The molecule has 0 unspecified atom stereocenters. The maximum absolute atomic E-state index is 10.6. The Morgan fingerprint density at radius 2 is 1.07 bits per heavy atom. The predicted octanol–water partition coefficient (Wildman–Crippen LogP) is -3.34. The minimum absolute atomic E-state index is 0.121. The highest BCUT2D eigenvalue weighted by Crippen LogP contribution is 2.36. The van der Waals surface area contributed by atoms with Gasteiger partial charge in [0, 0.05) is 13.1 Å². The normalized spacial score (nSPS) is 28.8. The highest BCUT2D eigenvalue weighted by atomic mass is 16.6. The number of nitrogen functional groups attached to an aromatic ring is 2. The second-order valence-corrected chi connectivity index (χ2v) is 10.5. The minimum Gasteiger partial charge on any atom is -0.394 e. The van der Waals surface area contributed by atoms with Gasteiger partial charge in [-0.1, -0.05) is 0 Å². The lowest BCUT2D eigenvalue weighted by Gasteiger charge is -2.20. The topological polar surface area (TPSA) is 303 Å². The first-order valence-electron chi connectivity index (χ1n) is 13.9. The molecule has 0 amide bonds. The zero-order valence-electron chi connectivity index (χ0n) is 23.2. The molecule has 44 heavy (non-hydrogen) atoms. The van der Waals surface area contributed by atoms with Gasteiger partial charge in [0.1, 0.15) is 49.3 Å². The summed E-state index contributed by atoms with van der Waals surface area (Å²) in [6.45, 7) is -0.154. The maximum atomic E-state index is 10.6. The molecule has 0 bridgehead atoms. The van der Waals surface area contributed by atoms with Gasteiger partial charge in [0.2, 0.25) is 11.9 Å². The first kappa shape index (κ1) is 30.0. The first-order valence-corrected chi connectivity index (χ1v) is 13.9. The Hall–Kier alpha value is -4.02. The summed E-state index contributed by atoms with van der Waals surface area (Å²) in [6.07, 6.45) is -5.81. The molecule has 2 saturated heterocycles. The fourth-order valence-corrected chi connectivity index (χ4v) is 5.42. The van der Waals surface area contributed by atoms with Crippen molar-refractivity contribution in [1.29, 1.82) is 0 Å². The van der Waals surface area contributed by atoms with Gasteiger partial charge in [-0.15, -0.1) is 0 Å². The van der Waals surface area contributed by atoms with E-state index < -0.39 is 62.3 Å². The number of nitrogens with zero attached hydrogens (tertiary/aromatic N) is 8. The summed E-state index contributed by atoms with van der Waals surface area (Å²) in [6, 6.07) is 0. The Morgan fingerprint density at radius 1 is 0.659 bits per heavy atom. The first-order chi connectivity index (χ1) is 21.2. The van der Waals surface area contributed by atoms with Crippen LogP contribution in [0.1, 0.15) is 25.3 Å². The molecule has 12 N–H and O–H groups in total. The van der Waals surface area contributed by atoms with Crippen LogP contribution in [0.3, 0.4) is 0 Å². The van der Waals surface area contributed by atoms with Crippen molar-refractivity contribution >= 4 is 45.9 Å². The number of ether oxygens (including phenoxy) is 2. The second-order valence-electron chi connectivity index (χ2n) is 10.5. The highest BCUT2D eigenvalue weighted by Gasteiger charge is 2.46. The van der Waals surface area contributed by atoms with Crippen LogP contribution in [-0.2, 0) is 9.47 Å². The Morgan fingerprint density at radius 3 is 1.43 bits per heavy atom. The summed E-state index contributed by atoms with van der Waals surface area (Å²) in [5, 5.41) is 67.3. The summed E-state index contributed by atoms with van der Waals surface area (Å²) >= 11 is 0. The van der Waals surface area contributed by atoms with Crippen molar-refractivity contribution in [2.45, 2.75) is 61.9 Å². The number of nitrogens with one attached hydrogen (secondary N) is 2. The number of rotatable bonds is 11. The fraction of sp³-hybridized carbons (Fsp3) is 0.583. The number of hydrogen-bond acceptors (Lipinski definition) is 18. The van der Waals surface area contributed by atoms with E-state index in [2.05, 4.69) is 40.5 Å². The highest BCUT2D eigenvalue weighted by molar-refractivity contribution is 5.84. The van der Waals surface area contributed by atoms with Gasteiger partial charge in [0.15, 0.2) is 46.4 Å². The molecule has 0 aromatic carbocycles. The summed E-state index contributed by atoms with van der Waals surface area (Å²) in [5.74, 6) is 0.788. The largest absolute Gasteiger partial charge is 0.394 e. The number of aliphatic hydroxyl groups is 6. The molecule has 0 saturated carbocycles. The summed E-state index contributed by atoms with van der Waals surface area (Å²) < 4.78 is 14.4. The zero-order chi connectivity index (χ0) is 31.1. The molecule has 2 fully saturated rings. The Balaban J connectivity index is 1.14. The summed E-state index contributed by atoms with van der Waals surface area (Å²) in [5.41, 5.74) is 13.1. The molecule has 4 aromatic rings. The van der Waals surface area contributed by atoms with E-state index in [4.69, 9.17) is 20.9 Å². The van der Waals surface area contributed by atoms with Crippen LogP contribution in [0.15, 0.2) is 12.7 Å². The van der Waals surface area contributed by atoms with Crippen LogP contribution in [0.4, 0.5) is 23.5 Å². The van der Waals surface area contributed by atoms with Crippen LogP contribution in [-0.4, -0.2) is 133 Å². The van der Waals surface area contributed by atoms with E-state index in [1.807, 2.05) is 0 Å². The molecule has 4 aromatic heterocycles. The van der Waals surface area contributed by atoms with E-state index in [1.54, 1.807) is 0 Å². The van der Waals surface area contributed by atoms with Crippen LogP contribution in [0.2, 0.25) is 0 Å². The molecule has 6 heterocycles. The van der Waals surface area contributed by atoms with Crippen LogP contribution in [0.25, 0.3) is 22.3 Å². The third-order valence-electron chi connectivity index (χ3n) is 7.72. The van der Waals surface area contributed by atoms with E-state index in [9.17, 15) is 30.6 Å². The molecule has 2 aliphatic rings. The van der Waals surface area contributed by atoms with E-state index in [0.717, 1.165) is 0 Å². The van der Waals surface area contributed by atoms with Crippen LogP contribution in [0.5, 0.6) is 0 Å². The van der Waals surface area contributed by atoms with Gasteiger partial charge >= 0.3 is 0 Å². The zero-order valence-corrected chi connectivity index (χ0v) is 23.2. The number of aliphatic hydroxyl groups excluding tert-OH is 6. The minimum atomic E-state index is -1.36. The van der Waals surface area contributed by atoms with Crippen molar-refractivity contribution in [3.8, 4) is 0 Å². The quantitative estimate of drug-likeness (QED) is 0.0734. The average molecular weight is 619 g/mol. The van der Waals surface area contributed by atoms with Gasteiger partial charge in [0.05, 0.1) is 13.2 Å². The van der Waals surface area contributed by atoms with E-state index >= 15 is 0 Å². The third kappa shape index (κ3) is 5.09. The molecule has 0 aliphatic carbocycles. The van der Waals surface area contributed by atoms with Gasteiger partial charge in [-0.25, -0.2) is 29.9 Å². The van der Waals surface area contributed by atoms with Crippen molar-refractivity contribution in [2.75, 3.05) is 48.4 Å². The number of imidazole rings is 2. The number of aromatic nitrogens is 8. The lowest BCUT2D eigenvalue weighted by molar-refractivity contribution is -0.0501. The fourth-order valence-electron chi connectivity index (χ4n) is 5.42. The summed E-state index contributed by atoms with van der Waals surface area (Å²) in [4.78, 5) is 25.4. The average Bonchev–Trinajstić information content (AvgIpc) is 3.73. The lowest BCUT2D eigenvalue weighted by Crippen LogP contribution is -2.33. The molecule has 0 radical (unpaired) electrons. The van der Waals surface area contributed by atoms with Gasteiger partial charge < -0.3 is 62.2 Å².